The average Bonchev–Trinajstić information content (AvgIpc) is 3.04. The molecule has 0 bridgehead atoms. The van der Waals surface area contributed by atoms with Gasteiger partial charge in [0.15, 0.2) is 5.13 Å². The molecule has 2 aromatic carbocycles. The molecule has 0 unspecified atom stereocenters. The smallest absolute Gasteiger partial charge is 0.233 e. The van der Waals surface area contributed by atoms with Gasteiger partial charge < -0.3 is 4.74 Å². The fraction of sp³-hybridized carbons (Fsp3) is 0.238. The molecule has 3 aromatic rings. The number of hydrogen-bond donors (Lipinski definition) is 0. The van der Waals surface area contributed by atoms with Gasteiger partial charge in [0.2, 0.25) is 5.91 Å². The minimum atomic E-state index is 0.0364. The maximum atomic E-state index is 12.7. The number of ether oxygens (including phenoxy) is 1. The highest BCUT2D eigenvalue weighted by Crippen LogP contribution is 2.37. The number of hydrogen-bond acceptors (Lipinski definition) is 4. The van der Waals surface area contributed by atoms with Crippen molar-refractivity contribution in [2.45, 2.75) is 27.2 Å². The molecule has 1 amide bonds. The third-order valence-corrected chi connectivity index (χ3v) is 5.20. The van der Waals surface area contributed by atoms with Crippen molar-refractivity contribution in [2.24, 2.45) is 0 Å². The van der Waals surface area contributed by atoms with E-state index in [1.165, 1.54) is 11.3 Å². The first-order valence-corrected chi connectivity index (χ1v) is 9.37. The molecule has 0 radical (unpaired) electrons. The molecule has 0 aliphatic carbocycles. The van der Waals surface area contributed by atoms with E-state index in [0.29, 0.717) is 11.6 Å². The minimum absolute atomic E-state index is 0.0364. The number of thiazole rings is 1. The van der Waals surface area contributed by atoms with Crippen molar-refractivity contribution in [1.29, 1.82) is 0 Å². The van der Waals surface area contributed by atoms with Gasteiger partial charge in [-0.2, -0.15) is 0 Å². The summed E-state index contributed by atoms with van der Waals surface area (Å²) in [5, 5.41) is 0.703. The summed E-state index contributed by atoms with van der Waals surface area (Å²) in [4.78, 5) is 20.3. The maximum absolute atomic E-state index is 12.7. The first-order chi connectivity index (χ1) is 12.5. The van der Waals surface area contributed by atoms with E-state index >= 15 is 0 Å². The van der Waals surface area contributed by atoms with Crippen LogP contribution in [0.5, 0.6) is 5.75 Å². The lowest BCUT2D eigenvalue weighted by atomic mass is 10.1. The van der Waals surface area contributed by atoms with Gasteiger partial charge in [0.1, 0.15) is 5.75 Å². The first-order valence-electron chi connectivity index (χ1n) is 8.55. The number of anilines is 2. The van der Waals surface area contributed by atoms with Crippen LogP contribution in [0.15, 0.2) is 48.5 Å². The molecule has 0 aliphatic rings. The lowest BCUT2D eigenvalue weighted by Crippen LogP contribution is -2.25. The Balaban J connectivity index is 2.06. The molecule has 4 nitrogen and oxygen atoms in total. The van der Waals surface area contributed by atoms with Crippen molar-refractivity contribution in [1.82, 2.24) is 4.98 Å². The molecule has 0 spiro atoms. The zero-order valence-electron chi connectivity index (χ0n) is 15.4. The van der Waals surface area contributed by atoms with Crippen molar-refractivity contribution >= 4 is 28.1 Å². The molecular weight excluding hydrogens is 344 g/mol. The van der Waals surface area contributed by atoms with Crippen LogP contribution in [0.1, 0.15) is 23.8 Å². The predicted molar refractivity (Wildman–Crippen MR) is 107 cm³/mol. The molecule has 0 saturated carbocycles. The summed E-state index contributed by atoms with van der Waals surface area (Å²) in [5.41, 5.74) is 3.84. The van der Waals surface area contributed by atoms with E-state index in [9.17, 15) is 4.79 Å². The number of amides is 1. The highest BCUT2D eigenvalue weighted by Gasteiger charge is 2.23. The summed E-state index contributed by atoms with van der Waals surface area (Å²) in [6.07, 6.45) is 0.421. The Morgan fingerprint density at radius 2 is 1.81 bits per heavy atom. The Bertz CT molecular complexity index is 916. The van der Waals surface area contributed by atoms with Crippen LogP contribution in [0.25, 0.3) is 11.3 Å². The SMILES string of the molecule is CCC(=O)N(c1nc(-c2ccc(OC)cc2)c(C)s1)c1ccccc1C. The van der Waals surface area contributed by atoms with Gasteiger partial charge in [-0.05, 0) is 49.7 Å². The fourth-order valence-electron chi connectivity index (χ4n) is 2.81. The van der Waals surface area contributed by atoms with Gasteiger partial charge in [-0.15, -0.1) is 11.3 Å². The van der Waals surface area contributed by atoms with Crippen LogP contribution in [-0.4, -0.2) is 18.0 Å². The van der Waals surface area contributed by atoms with Crippen LogP contribution >= 0.6 is 11.3 Å². The van der Waals surface area contributed by atoms with Crippen LogP contribution in [-0.2, 0) is 4.79 Å². The molecule has 0 aliphatic heterocycles. The Morgan fingerprint density at radius 1 is 1.12 bits per heavy atom. The fourth-order valence-corrected chi connectivity index (χ4v) is 3.77. The molecule has 1 aromatic heterocycles. The highest BCUT2D eigenvalue weighted by atomic mass is 32.1. The molecule has 0 fully saturated rings. The number of aromatic nitrogens is 1. The zero-order chi connectivity index (χ0) is 18.7. The monoisotopic (exact) mass is 366 g/mol. The van der Waals surface area contributed by atoms with Crippen LogP contribution < -0.4 is 9.64 Å². The Hall–Kier alpha value is -2.66. The molecule has 3 rings (SSSR count). The molecule has 1 heterocycles. The number of carbonyl (C=O) groups is 1. The molecule has 134 valence electrons. The van der Waals surface area contributed by atoms with Crippen LogP contribution in [0.4, 0.5) is 10.8 Å². The maximum Gasteiger partial charge on any atom is 0.233 e. The summed E-state index contributed by atoms with van der Waals surface area (Å²) < 4.78 is 5.23. The van der Waals surface area contributed by atoms with Crippen LogP contribution in [0, 0.1) is 13.8 Å². The number of nitrogens with zero attached hydrogens (tertiary/aromatic N) is 2. The molecule has 5 heteroatoms. The number of para-hydroxylation sites is 1. The summed E-state index contributed by atoms with van der Waals surface area (Å²) in [7, 11) is 1.65. The van der Waals surface area contributed by atoms with E-state index in [-0.39, 0.29) is 5.91 Å². The van der Waals surface area contributed by atoms with E-state index in [2.05, 4.69) is 0 Å². The predicted octanol–water partition coefficient (Wildman–Crippen LogP) is 5.51. The van der Waals surface area contributed by atoms with E-state index in [0.717, 1.165) is 33.1 Å². The van der Waals surface area contributed by atoms with Crippen molar-refractivity contribution in [3.63, 3.8) is 0 Å². The van der Waals surface area contributed by atoms with Gasteiger partial charge in [-0.3, -0.25) is 9.69 Å². The lowest BCUT2D eigenvalue weighted by Gasteiger charge is -2.21. The van der Waals surface area contributed by atoms with E-state index < -0.39 is 0 Å². The number of rotatable bonds is 5. The largest absolute Gasteiger partial charge is 0.497 e. The third-order valence-electron chi connectivity index (χ3n) is 4.25. The van der Waals surface area contributed by atoms with Gasteiger partial charge in [0, 0.05) is 16.9 Å². The molecule has 0 atom stereocenters. The molecular formula is C21H22N2O2S. The Kier molecular flexibility index (Phi) is 5.38. The van der Waals surface area contributed by atoms with Gasteiger partial charge in [0.05, 0.1) is 18.5 Å². The molecule has 26 heavy (non-hydrogen) atoms. The number of carbonyl (C=O) groups excluding carboxylic acids is 1. The summed E-state index contributed by atoms with van der Waals surface area (Å²) in [6.45, 7) is 5.92. The summed E-state index contributed by atoms with van der Waals surface area (Å²) in [6, 6.07) is 15.7. The second kappa shape index (κ2) is 7.70. The van der Waals surface area contributed by atoms with Gasteiger partial charge in [-0.25, -0.2) is 4.98 Å². The topological polar surface area (TPSA) is 42.4 Å². The van der Waals surface area contributed by atoms with E-state index in [1.807, 2.05) is 69.3 Å². The van der Waals surface area contributed by atoms with Gasteiger partial charge >= 0.3 is 0 Å². The number of methoxy groups -OCH3 is 1. The van der Waals surface area contributed by atoms with Crippen LogP contribution in [0.2, 0.25) is 0 Å². The summed E-state index contributed by atoms with van der Waals surface area (Å²) >= 11 is 1.54. The Labute approximate surface area is 158 Å². The second-order valence-electron chi connectivity index (χ2n) is 6.00. The molecule has 0 N–H and O–H groups in total. The van der Waals surface area contributed by atoms with Gasteiger partial charge in [0.25, 0.3) is 0 Å². The second-order valence-corrected chi connectivity index (χ2v) is 7.18. The van der Waals surface area contributed by atoms with Crippen molar-refractivity contribution in [2.75, 3.05) is 12.0 Å². The normalized spacial score (nSPS) is 10.6. The van der Waals surface area contributed by atoms with E-state index in [4.69, 9.17) is 9.72 Å². The van der Waals surface area contributed by atoms with Crippen molar-refractivity contribution < 1.29 is 9.53 Å². The first kappa shape index (κ1) is 18.1. The van der Waals surface area contributed by atoms with Gasteiger partial charge in [-0.1, -0.05) is 25.1 Å². The standard InChI is InChI=1S/C21H22N2O2S/c1-5-19(24)23(18-9-7-6-8-14(18)2)21-22-20(15(3)26-21)16-10-12-17(25-4)13-11-16/h6-13H,5H2,1-4H3. The van der Waals surface area contributed by atoms with Crippen LogP contribution in [0.3, 0.4) is 0 Å². The average molecular weight is 366 g/mol. The van der Waals surface area contributed by atoms with Crippen molar-refractivity contribution in [3.05, 3.63) is 59.0 Å². The quantitative estimate of drug-likeness (QED) is 0.598. The highest BCUT2D eigenvalue weighted by molar-refractivity contribution is 7.16. The number of aryl methyl sites for hydroxylation is 2. The lowest BCUT2D eigenvalue weighted by molar-refractivity contribution is -0.117. The van der Waals surface area contributed by atoms with E-state index in [1.54, 1.807) is 12.0 Å². The zero-order valence-corrected chi connectivity index (χ0v) is 16.3. The Morgan fingerprint density at radius 3 is 2.42 bits per heavy atom. The number of benzene rings is 2. The molecule has 0 saturated heterocycles. The third kappa shape index (κ3) is 3.48. The minimum Gasteiger partial charge on any atom is -0.497 e. The van der Waals surface area contributed by atoms with Crippen molar-refractivity contribution in [3.8, 4) is 17.0 Å². The summed E-state index contributed by atoms with van der Waals surface area (Å²) in [5.74, 6) is 0.846.